The Labute approximate surface area is 156 Å². The first-order valence-electron chi connectivity index (χ1n) is 7.93. The van der Waals surface area contributed by atoms with E-state index in [-0.39, 0.29) is 6.61 Å². The number of nitrogens with one attached hydrogen (secondary N) is 1. The van der Waals surface area contributed by atoms with Gasteiger partial charge in [0, 0.05) is 11.3 Å². The van der Waals surface area contributed by atoms with Crippen LogP contribution in [0.1, 0.15) is 15.9 Å². The van der Waals surface area contributed by atoms with Crippen LogP contribution in [0.2, 0.25) is 0 Å². The Morgan fingerprint density at radius 1 is 1.04 bits per heavy atom. The molecule has 0 saturated carbocycles. The minimum atomic E-state index is -0.446. The molecule has 1 amide bonds. The normalized spacial score (nSPS) is 10.3. The molecule has 0 radical (unpaired) electrons. The Balaban J connectivity index is 1.87. The zero-order chi connectivity index (χ0) is 19.6. The second kappa shape index (κ2) is 9.81. The summed E-state index contributed by atoms with van der Waals surface area (Å²) in [6.07, 6.45) is 1.43. The van der Waals surface area contributed by atoms with Crippen LogP contribution in [0.5, 0.6) is 11.5 Å². The summed E-state index contributed by atoms with van der Waals surface area (Å²) < 4.78 is 15.0. The van der Waals surface area contributed by atoms with Crippen LogP contribution < -0.4 is 14.8 Å². The number of oxime groups is 1. The Hall–Kier alpha value is -3.55. The number of methoxy groups -OCH3 is 3. The third-order valence-electron chi connectivity index (χ3n) is 3.49. The van der Waals surface area contributed by atoms with Gasteiger partial charge in [-0.05, 0) is 42.5 Å². The van der Waals surface area contributed by atoms with Gasteiger partial charge in [-0.15, -0.1) is 0 Å². The van der Waals surface area contributed by atoms with E-state index >= 15 is 0 Å². The number of hydrogen-bond donors (Lipinski definition) is 1. The summed E-state index contributed by atoms with van der Waals surface area (Å²) in [5.74, 6) is 0.401. The molecule has 0 heterocycles. The van der Waals surface area contributed by atoms with Crippen molar-refractivity contribution in [1.82, 2.24) is 0 Å². The number of benzene rings is 2. The smallest absolute Gasteiger partial charge is 0.337 e. The number of hydrogen-bond acceptors (Lipinski definition) is 7. The highest BCUT2D eigenvalue weighted by Crippen LogP contribution is 2.22. The highest BCUT2D eigenvalue weighted by atomic mass is 16.6. The maximum atomic E-state index is 11.9. The van der Waals surface area contributed by atoms with Gasteiger partial charge >= 0.3 is 5.97 Å². The molecule has 0 saturated heterocycles. The summed E-state index contributed by atoms with van der Waals surface area (Å²) >= 11 is 0. The number of rotatable bonds is 8. The Morgan fingerprint density at radius 2 is 1.78 bits per heavy atom. The summed E-state index contributed by atoms with van der Waals surface area (Å²) in [5.41, 5.74) is 1.56. The van der Waals surface area contributed by atoms with Crippen LogP contribution in [0.15, 0.2) is 47.6 Å². The predicted molar refractivity (Wildman–Crippen MR) is 99.5 cm³/mol. The highest BCUT2D eigenvalue weighted by molar-refractivity contribution is 5.93. The molecule has 8 heteroatoms. The first-order valence-corrected chi connectivity index (χ1v) is 7.93. The van der Waals surface area contributed by atoms with Crippen LogP contribution in [0, 0.1) is 0 Å². The summed E-state index contributed by atoms with van der Waals surface area (Å²) in [4.78, 5) is 28.2. The summed E-state index contributed by atoms with van der Waals surface area (Å²) in [5, 5.41) is 6.40. The lowest BCUT2D eigenvalue weighted by atomic mass is 10.2. The van der Waals surface area contributed by atoms with E-state index in [0.717, 1.165) is 0 Å². The molecule has 27 heavy (non-hydrogen) atoms. The molecule has 0 spiro atoms. The summed E-state index contributed by atoms with van der Waals surface area (Å²) in [6, 6.07) is 11.5. The topological polar surface area (TPSA) is 95.5 Å². The van der Waals surface area contributed by atoms with Crippen molar-refractivity contribution >= 4 is 23.8 Å². The maximum Gasteiger partial charge on any atom is 0.337 e. The van der Waals surface area contributed by atoms with Gasteiger partial charge < -0.3 is 24.4 Å². The van der Waals surface area contributed by atoms with Gasteiger partial charge in [0.1, 0.15) is 11.5 Å². The van der Waals surface area contributed by atoms with Gasteiger partial charge in [-0.1, -0.05) is 5.16 Å². The van der Waals surface area contributed by atoms with Crippen LogP contribution in [0.25, 0.3) is 0 Å². The van der Waals surface area contributed by atoms with Gasteiger partial charge in [0.2, 0.25) is 0 Å². The lowest BCUT2D eigenvalue weighted by Gasteiger charge is -2.07. The molecule has 0 aliphatic carbocycles. The zero-order valence-electron chi connectivity index (χ0n) is 15.2. The molecule has 0 bridgehead atoms. The minimum absolute atomic E-state index is 0.276. The maximum absolute atomic E-state index is 11.9. The molecule has 2 rings (SSSR count). The van der Waals surface area contributed by atoms with Gasteiger partial charge in [-0.3, -0.25) is 4.79 Å². The van der Waals surface area contributed by atoms with E-state index in [4.69, 9.17) is 14.3 Å². The Bertz CT molecular complexity index is 817. The Morgan fingerprint density at radius 3 is 2.41 bits per heavy atom. The number of nitrogens with zero attached hydrogens (tertiary/aromatic N) is 1. The molecule has 0 fully saturated rings. The van der Waals surface area contributed by atoms with Gasteiger partial charge in [-0.25, -0.2) is 4.79 Å². The number of amides is 1. The average Bonchev–Trinajstić information content (AvgIpc) is 2.71. The van der Waals surface area contributed by atoms with E-state index in [1.165, 1.54) is 13.3 Å². The van der Waals surface area contributed by atoms with Crippen molar-refractivity contribution < 1.29 is 28.6 Å². The van der Waals surface area contributed by atoms with Crippen LogP contribution in [-0.2, 0) is 14.4 Å². The summed E-state index contributed by atoms with van der Waals surface area (Å²) in [6.45, 7) is -0.276. The molecule has 0 unspecified atom stereocenters. The standard InChI is InChI=1S/C19H20N2O6/c1-24-16-8-9-17(25-2)14(10-16)11-20-27-12-18(22)21-15-6-4-13(5-7-15)19(23)26-3/h4-11H,12H2,1-3H3,(H,21,22). The number of carbonyl (C=O) groups excluding carboxylic acids is 2. The summed E-state index contributed by atoms with van der Waals surface area (Å²) in [7, 11) is 4.40. The monoisotopic (exact) mass is 372 g/mol. The van der Waals surface area contributed by atoms with Gasteiger partial charge in [0.05, 0.1) is 33.1 Å². The molecule has 0 aromatic heterocycles. The third-order valence-corrected chi connectivity index (χ3v) is 3.49. The lowest BCUT2D eigenvalue weighted by molar-refractivity contribution is -0.120. The third kappa shape index (κ3) is 5.74. The molecule has 0 aliphatic heterocycles. The van der Waals surface area contributed by atoms with Gasteiger partial charge in [0.25, 0.3) is 5.91 Å². The van der Waals surface area contributed by atoms with E-state index in [1.54, 1.807) is 56.7 Å². The first-order chi connectivity index (χ1) is 13.1. The van der Waals surface area contributed by atoms with Crippen LogP contribution in [0.4, 0.5) is 5.69 Å². The van der Waals surface area contributed by atoms with Crippen molar-refractivity contribution in [3.8, 4) is 11.5 Å². The molecular formula is C19H20N2O6. The molecular weight excluding hydrogens is 352 g/mol. The van der Waals surface area contributed by atoms with Crippen LogP contribution >= 0.6 is 0 Å². The van der Waals surface area contributed by atoms with Crippen molar-refractivity contribution in [1.29, 1.82) is 0 Å². The minimum Gasteiger partial charge on any atom is -0.497 e. The van der Waals surface area contributed by atoms with Crippen molar-refractivity contribution in [3.05, 3.63) is 53.6 Å². The fraction of sp³-hybridized carbons (Fsp3) is 0.211. The van der Waals surface area contributed by atoms with Gasteiger partial charge in [0.15, 0.2) is 6.61 Å². The van der Waals surface area contributed by atoms with Crippen LogP contribution in [-0.4, -0.2) is 46.0 Å². The second-order valence-electron chi connectivity index (χ2n) is 5.23. The van der Waals surface area contributed by atoms with E-state index < -0.39 is 11.9 Å². The molecule has 2 aromatic rings. The molecule has 1 N–H and O–H groups in total. The van der Waals surface area contributed by atoms with Crippen molar-refractivity contribution in [2.75, 3.05) is 33.3 Å². The quantitative estimate of drug-likeness (QED) is 0.434. The Kier molecular flexibility index (Phi) is 7.18. The fourth-order valence-electron chi connectivity index (χ4n) is 2.13. The fourth-order valence-corrected chi connectivity index (χ4v) is 2.13. The zero-order valence-corrected chi connectivity index (χ0v) is 15.2. The second-order valence-corrected chi connectivity index (χ2v) is 5.23. The number of carbonyl (C=O) groups is 2. The van der Waals surface area contributed by atoms with Crippen molar-refractivity contribution in [2.45, 2.75) is 0 Å². The number of esters is 1. The van der Waals surface area contributed by atoms with E-state index in [1.807, 2.05) is 0 Å². The van der Waals surface area contributed by atoms with Crippen molar-refractivity contribution in [2.24, 2.45) is 5.16 Å². The predicted octanol–water partition coefficient (Wildman–Crippen LogP) is 2.48. The van der Waals surface area contributed by atoms with Crippen molar-refractivity contribution in [3.63, 3.8) is 0 Å². The number of ether oxygens (including phenoxy) is 3. The van der Waals surface area contributed by atoms with Gasteiger partial charge in [-0.2, -0.15) is 0 Å². The highest BCUT2D eigenvalue weighted by Gasteiger charge is 2.07. The lowest BCUT2D eigenvalue weighted by Crippen LogP contribution is -2.17. The molecule has 0 aliphatic rings. The largest absolute Gasteiger partial charge is 0.497 e. The number of anilines is 1. The van der Waals surface area contributed by atoms with Crippen LogP contribution in [0.3, 0.4) is 0 Å². The molecule has 0 atom stereocenters. The van der Waals surface area contributed by atoms with E-state index in [0.29, 0.717) is 28.3 Å². The average molecular weight is 372 g/mol. The first kappa shape index (κ1) is 19.8. The molecule has 8 nitrogen and oxygen atoms in total. The van der Waals surface area contributed by atoms with E-state index in [2.05, 4.69) is 15.2 Å². The SMILES string of the molecule is COC(=O)c1ccc(NC(=O)CON=Cc2cc(OC)ccc2OC)cc1. The van der Waals surface area contributed by atoms with E-state index in [9.17, 15) is 9.59 Å². The molecule has 2 aromatic carbocycles. The molecule has 142 valence electrons.